The summed E-state index contributed by atoms with van der Waals surface area (Å²) >= 11 is 6.34. The fraction of sp³-hybridized carbons (Fsp3) is 0.400. The quantitative estimate of drug-likeness (QED) is 0.619. The highest BCUT2D eigenvalue weighted by molar-refractivity contribution is 6.33. The third-order valence-electron chi connectivity index (χ3n) is 5.10. The molecule has 1 aliphatic heterocycles. The zero-order chi connectivity index (χ0) is 21.1. The Bertz CT molecular complexity index is 1030. The van der Waals surface area contributed by atoms with Crippen LogP contribution in [-0.2, 0) is 11.3 Å². The number of imidazole rings is 1. The first-order chi connectivity index (χ1) is 14.5. The van der Waals surface area contributed by atoms with Crippen molar-refractivity contribution in [3.05, 3.63) is 47.1 Å². The van der Waals surface area contributed by atoms with Crippen molar-refractivity contribution in [1.82, 2.24) is 24.4 Å². The van der Waals surface area contributed by atoms with E-state index in [1.807, 2.05) is 4.57 Å². The maximum absolute atomic E-state index is 13.3. The van der Waals surface area contributed by atoms with Crippen LogP contribution in [0.5, 0.6) is 0 Å². The summed E-state index contributed by atoms with van der Waals surface area (Å²) in [6.07, 6.45) is 2.62. The topological polar surface area (TPSA) is 85.2 Å². The maximum Gasteiger partial charge on any atom is 0.409 e. The number of hydrogen-bond donors (Lipinski definition) is 1. The van der Waals surface area contributed by atoms with E-state index in [-0.39, 0.29) is 18.0 Å². The Morgan fingerprint density at radius 2 is 2.00 bits per heavy atom. The van der Waals surface area contributed by atoms with Gasteiger partial charge in [0.1, 0.15) is 17.7 Å². The van der Waals surface area contributed by atoms with Crippen LogP contribution in [0.25, 0.3) is 11.2 Å². The molecule has 0 saturated carbocycles. The number of hydrogen-bond acceptors (Lipinski definition) is 6. The summed E-state index contributed by atoms with van der Waals surface area (Å²) in [5, 5.41) is 3.77. The smallest absolute Gasteiger partial charge is 0.409 e. The van der Waals surface area contributed by atoms with Crippen LogP contribution in [0.4, 0.5) is 15.1 Å². The lowest BCUT2D eigenvalue weighted by molar-refractivity contribution is 0.0983. The lowest BCUT2D eigenvalue weighted by atomic mass is 10.1. The fourth-order valence-corrected chi connectivity index (χ4v) is 3.80. The number of carbonyl (C=O) groups excluding carboxylic acids is 1. The van der Waals surface area contributed by atoms with Gasteiger partial charge in [-0.15, -0.1) is 0 Å². The van der Waals surface area contributed by atoms with Gasteiger partial charge >= 0.3 is 6.09 Å². The minimum atomic E-state index is -0.290. The van der Waals surface area contributed by atoms with Crippen LogP contribution in [-0.4, -0.2) is 56.3 Å². The van der Waals surface area contributed by atoms with Crippen molar-refractivity contribution in [3.63, 3.8) is 0 Å². The largest absolute Gasteiger partial charge is 0.450 e. The zero-order valence-electron chi connectivity index (χ0n) is 16.5. The van der Waals surface area contributed by atoms with E-state index in [1.165, 1.54) is 18.5 Å². The van der Waals surface area contributed by atoms with Crippen molar-refractivity contribution in [2.45, 2.75) is 32.4 Å². The summed E-state index contributed by atoms with van der Waals surface area (Å²) in [4.78, 5) is 26.5. The Morgan fingerprint density at radius 3 is 2.70 bits per heavy atom. The Labute approximate surface area is 178 Å². The van der Waals surface area contributed by atoms with E-state index in [9.17, 15) is 9.18 Å². The van der Waals surface area contributed by atoms with Gasteiger partial charge in [0.2, 0.25) is 5.95 Å². The van der Waals surface area contributed by atoms with E-state index in [0.717, 1.165) is 18.4 Å². The molecule has 1 saturated heterocycles. The van der Waals surface area contributed by atoms with Gasteiger partial charge in [-0.1, -0.05) is 23.7 Å². The summed E-state index contributed by atoms with van der Waals surface area (Å²) < 4.78 is 20.3. The summed E-state index contributed by atoms with van der Waals surface area (Å²) in [6, 6.07) is 6.42. The summed E-state index contributed by atoms with van der Waals surface area (Å²) in [6.45, 7) is 3.82. The molecule has 4 rings (SSSR count). The van der Waals surface area contributed by atoms with Crippen molar-refractivity contribution in [2.75, 3.05) is 25.0 Å². The molecule has 8 nitrogen and oxygen atoms in total. The van der Waals surface area contributed by atoms with Gasteiger partial charge in [-0.25, -0.2) is 19.2 Å². The highest BCUT2D eigenvalue weighted by Gasteiger charge is 2.25. The normalized spacial score (nSPS) is 14.8. The molecule has 0 aliphatic carbocycles. The standard InChI is InChI=1S/C20H22ClFN6O2/c1-2-30-20(29)27-9-7-15(8-10-27)25-19-26-18-16(17(21)23-12-24-18)28(19)11-13-3-5-14(22)6-4-13/h3-6,12,15H,2,7-11H2,1H3,(H,23,24,25,26). The Hall–Kier alpha value is -2.94. The number of nitrogens with one attached hydrogen (secondary N) is 1. The number of carbonyl (C=O) groups is 1. The number of likely N-dealkylation sites (tertiary alicyclic amines) is 1. The van der Waals surface area contributed by atoms with E-state index < -0.39 is 0 Å². The monoisotopic (exact) mass is 432 g/mol. The predicted molar refractivity (Wildman–Crippen MR) is 111 cm³/mol. The molecule has 2 aromatic heterocycles. The Kier molecular flexibility index (Phi) is 5.98. The van der Waals surface area contributed by atoms with Crippen LogP contribution < -0.4 is 5.32 Å². The highest BCUT2D eigenvalue weighted by Crippen LogP contribution is 2.26. The van der Waals surface area contributed by atoms with Gasteiger partial charge in [0.15, 0.2) is 10.8 Å². The number of anilines is 1. The lowest BCUT2D eigenvalue weighted by Gasteiger charge is -2.31. The van der Waals surface area contributed by atoms with Gasteiger partial charge in [0.25, 0.3) is 0 Å². The molecule has 158 valence electrons. The summed E-state index contributed by atoms with van der Waals surface area (Å²) in [7, 11) is 0. The van der Waals surface area contributed by atoms with Crippen LogP contribution in [0, 0.1) is 5.82 Å². The SMILES string of the molecule is CCOC(=O)N1CCC(Nc2nc3ncnc(Cl)c3n2Cc2ccc(F)cc2)CC1. The van der Waals surface area contributed by atoms with E-state index in [4.69, 9.17) is 16.3 Å². The van der Waals surface area contributed by atoms with E-state index in [2.05, 4.69) is 20.3 Å². The molecular formula is C20H22ClFN6O2. The van der Waals surface area contributed by atoms with Gasteiger partial charge in [0, 0.05) is 19.1 Å². The second-order valence-corrected chi connectivity index (χ2v) is 7.45. The molecule has 3 heterocycles. The van der Waals surface area contributed by atoms with Crippen molar-refractivity contribution in [2.24, 2.45) is 0 Å². The molecule has 0 bridgehead atoms. The van der Waals surface area contributed by atoms with Gasteiger partial charge in [-0.2, -0.15) is 4.98 Å². The fourth-order valence-electron chi connectivity index (χ4n) is 3.57. The molecule has 3 aromatic rings. The molecule has 0 spiro atoms. The molecule has 1 aromatic carbocycles. The molecule has 0 unspecified atom stereocenters. The maximum atomic E-state index is 13.3. The Morgan fingerprint density at radius 1 is 1.27 bits per heavy atom. The second-order valence-electron chi connectivity index (χ2n) is 7.09. The van der Waals surface area contributed by atoms with Crippen LogP contribution in [0.15, 0.2) is 30.6 Å². The first-order valence-electron chi connectivity index (χ1n) is 9.84. The molecule has 1 aliphatic rings. The van der Waals surface area contributed by atoms with Crippen molar-refractivity contribution in [1.29, 1.82) is 0 Å². The summed E-state index contributed by atoms with van der Waals surface area (Å²) in [5.74, 6) is 0.327. The number of aromatic nitrogens is 4. The number of halogens is 2. The minimum absolute atomic E-state index is 0.131. The van der Waals surface area contributed by atoms with E-state index in [1.54, 1.807) is 24.0 Å². The number of amides is 1. The van der Waals surface area contributed by atoms with E-state index in [0.29, 0.717) is 48.5 Å². The second kappa shape index (κ2) is 8.83. The van der Waals surface area contributed by atoms with Crippen molar-refractivity contribution >= 4 is 34.8 Å². The zero-order valence-corrected chi connectivity index (χ0v) is 17.3. The van der Waals surface area contributed by atoms with Crippen LogP contribution in [0.1, 0.15) is 25.3 Å². The number of nitrogens with zero attached hydrogens (tertiary/aromatic N) is 5. The highest BCUT2D eigenvalue weighted by atomic mass is 35.5. The van der Waals surface area contributed by atoms with Gasteiger partial charge in [-0.05, 0) is 37.5 Å². The summed E-state index contributed by atoms with van der Waals surface area (Å²) in [5.41, 5.74) is 2.01. The number of fused-ring (bicyclic) bond motifs is 1. The van der Waals surface area contributed by atoms with Gasteiger partial charge < -0.3 is 19.5 Å². The molecular weight excluding hydrogens is 411 g/mol. The van der Waals surface area contributed by atoms with Crippen molar-refractivity contribution < 1.29 is 13.9 Å². The number of piperidine rings is 1. The van der Waals surface area contributed by atoms with E-state index >= 15 is 0 Å². The number of benzene rings is 1. The number of ether oxygens (including phenoxy) is 1. The minimum Gasteiger partial charge on any atom is -0.450 e. The lowest BCUT2D eigenvalue weighted by Crippen LogP contribution is -2.42. The van der Waals surface area contributed by atoms with Crippen LogP contribution in [0.3, 0.4) is 0 Å². The molecule has 30 heavy (non-hydrogen) atoms. The van der Waals surface area contributed by atoms with Gasteiger partial charge in [-0.3, -0.25) is 0 Å². The van der Waals surface area contributed by atoms with Crippen LogP contribution >= 0.6 is 11.6 Å². The first-order valence-corrected chi connectivity index (χ1v) is 10.2. The first kappa shape index (κ1) is 20.3. The average Bonchev–Trinajstić information content (AvgIpc) is 3.08. The predicted octanol–water partition coefficient (Wildman–Crippen LogP) is 3.70. The molecule has 0 radical (unpaired) electrons. The number of rotatable bonds is 5. The Balaban J connectivity index is 1.56. The molecule has 1 N–H and O–H groups in total. The third-order valence-corrected chi connectivity index (χ3v) is 5.38. The molecule has 1 amide bonds. The average molecular weight is 433 g/mol. The van der Waals surface area contributed by atoms with Crippen LogP contribution in [0.2, 0.25) is 5.15 Å². The molecule has 10 heteroatoms. The van der Waals surface area contributed by atoms with Gasteiger partial charge in [0.05, 0.1) is 13.2 Å². The third kappa shape index (κ3) is 4.30. The molecule has 1 fully saturated rings. The molecule has 0 atom stereocenters. The van der Waals surface area contributed by atoms with Crippen molar-refractivity contribution in [3.8, 4) is 0 Å².